The molecule has 3 aromatic rings. The van der Waals surface area contributed by atoms with E-state index >= 15 is 0 Å². The molecule has 136 valence electrons. The average Bonchev–Trinajstić information content (AvgIpc) is 2.90. The van der Waals surface area contributed by atoms with Gasteiger partial charge in [0, 0.05) is 11.6 Å². The Balaban J connectivity index is 2.03. The van der Waals surface area contributed by atoms with Gasteiger partial charge in [0.2, 0.25) is 0 Å². The lowest BCUT2D eigenvalue weighted by atomic mass is 10.1. The number of rotatable bonds is 4. The van der Waals surface area contributed by atoms with E-state index in [2.05, 4.69) is 4.98 Å². The largest absolute Gasteiger partial charge is 0.462 e. The quantitative estimate of drug-likeness (QED) is 0.600. The number of fused-ring (bicyclic) bond motifs is 1. The molecule has 0 aliphatic rings. The summed E-state index contributed by atoms with van der Waals surface area (Å²) in [5.41, 5.74) is -0.510. The molecule has 0 bridgehead atoms. The van der Waals surface area contributed by atoms with Gasteiger partial charge in [-0.25, -0.2) is 9.78 Å². The normalized spacial score (nSPS) is 11.6. The van der Waals surface area contributed by atoms with Crippen molar-refractivity contribution in [2.24, 2.45) is 0 Å². The van der Waals surface area contributed by atoms with Crippen molar-refractivity contribution in [1.29, 1.82) is 0 Å². The van der Waals surface area contributed by atoms with Gasteiger partial charge in [0.05, 0.1) is 6.61 Å². The van der Waals surface area contributed by atoms with E-state index < -0.39 is 23.6 Å². The molecular formula is C18H14F3NO4. The first-order valence-corrected chi connectivity index (χ1v) is 7.71. The van der Waals surface area contributed by atoms with Gasteiger partial charge in [0.1, 0.15) is 22.7 Å². The van der Waals surface area contributed by atoms with Crippen molar-refractivity contribution in [3.05, 3.63) is 53.5 Å². The van der Waals surface area contributed by atoms with Crippen LogP contribution in [0, 0.1) is 6.92 Å². The third-order valence-corrected chi connectivity index (χ3v) is 3.58. The first kappa shape index (κ1) is 17.8. The fourth-order valence-electron chi connectivity index (χ4n) is 2.53. The Bertz CT molecular complexity index is 963. The van der Waals surface area contributed by atoms with Gasteiger partial charge in [-0.15, -0.1) is 0 Å². The Labute approximate surface area is 146 Å². The zero-order valence-corrected chi connectivity index (χ0v) is 13.9. The molecule has 1 aromatic carbocycles. The third-order valence-electron chi connectivity index (χ3n) is 3.58. The summed E-state index contributed by atoms with van der Waals surface area (Å²) in [7, 11) is 0. The van der Waals surface area contributed by atoms with Gasteiger partial charge >= 0.3 is 12.1 Å². The van der Waals surface area contributed by atoms with E-state index in [0.29, 0.717) is 16.7 Å². The number of esters is 1. The minimum atomic E-state index is -4.65. The van der Waals surface area contributed by atoms with E-state index in [4.69, 9.17) is 13.9 Å². The Kier molecular flexibility index (Phi) is 4.58. The van der Waals surface area contributed by atoms with Gasteiger partial charge in [0.15, 0.2) is 11.4 Å². The van der Waals surface area contributed by atoms with Crippen LogP contribution in [-0.2, 0) is 10.9 Å². The summed E-state index contributed by atoms with van der Waals surface area (Å²) in [5.74, 6) is -0.536. The number of ether oxygens (including phenoxy) is 2. The molecule has 0 amide bonds. The van der Waals surface area contributed by atoms with E-state index in [1.54, 1.807) is 13.8 Å². The Morgan fingerprint density at radius 2 is 2.04 bits per heavy atom. The fourth-order valence-corrected chi connectivity index (χ4v) is 2.53. The lowest BCUT2D eigenvalue weighted by Crippen LogP contribution is -2.09. The number of carbonyl (C=O) groups is 1. The van der Waals surface area contributed by atoms with Crippen molar-refractivity contribution in [1.82, 2.24) is 4.98 Å². The molecule has 8 heteroatoms. The Morgan fingerprint density at radius 1 is 1.27 bits per heavy atom. The van der Waals surface area contributed by atoms with Crippen LogP contribution < -0.4 is 4.74 Å². The summed E-state index contributed by atoms with van der Waals surface area (Å²) in [5, 5.41) is 0.399. The van der Waals surface area contributed by atoms with Gasteiger partial charge in [-0.05, 0) is 44.2 Å². The van der Waals surface area contributed by atoms with Crippen LogP contribution >= 0.6 is 0 Å². The number of alkyl halides is 3. The maximum Gasteiger partial charge on any atom is 0.437 e. The second-order valence-corrected chi connectivity index (χ2v) is 5.36. The van der Waals surface area contributed by atoms with Gasteiger partial charge in [-0.3, -0.25) is 0 Å². The summed E-state index contributed by atoms with van der Waals surface area (Å²) in [4.78, 5) is 15.5. The first-order valence-electron chi connectivity index (χ1n) is 7.71. The topological polar surface area (TPSA) is 61.6 Å². The van der Waals surface area contributed by atoms with Crippen LogP contribution in [0.2, 0.25) is 0 Å². The van der Waals surface area contributed by atoms with Gasteiger partial charge in [-0.1, -0.05) is 0 Å². The molecule has 0 radical (unpaired) electrons. The molecule has 3 rings (SSSR count). The zero-order chi connectivity index (χ0) is 18.9. The van der Waals surface area contributed by atoms with E-state index in [1.165, 1.54) is 30.3 Å². The van der Waals surface area contributed by atoms with Crippen LogP contribution in [0.4, 0.5) is 13.2 Å². The molecule has 0 fully saturated rings. The predicted molar refractivity (Wildman–Crippen MR) is 86.2 cm³/mol. The van der Waals surface area contributed by atoms with Gasteiger partial charge in [0.25, 0.3) is 0 Å². The van der Waals surface area contributed by atoms with E-state index in [9.17, 15) is 18.0 Å². The number of nitrogens with zero attached hydrogens (tertiary/aromatic N) is 1. The molecule has 0 unspecified atom stereocenters. The standard InChI is InChI=1S/C18H14F3NO4/c1-3-24-17(23)15-10(2)25-13-7-6-11(9-12(13)15)26-14-5-4-8-22-16(14)18(19,20)21/h4-9H,3H2,1-2H3. The summed E-state index contributed by atoms with van der Waals surface area (Å²) < 4.78 is 55.0. The van der Waals surface area contributed by atoms with Crippen LogP contribution in [0.3, 0.4) is 0 Å². The predicted octanol–water partition coefficient (Wildman–Crippen LogP) is 5.12. The Hall–Kier alpha value is -3.03. The van der Waals surface area contributed by atoms with E-state index in [1.807, 2.05) is 0 Å². The number of furan rings is 1. The van der Waals surface area contributed by atoms with Crippen molar-refractivity contribution in [3.63, 3.8) is 0 Å². The monoisotopic (exact) mass is 365 g/mol. The number of hydrogen-bond donors (Lipinski definition) is 0. The number of pyridine rings is 1. The molecule has 0 aliphatic heterocycles. The molecular weight excluding hydrogens is 351 g/mol. The number of aromatic nitrogens is 1. The minimum Gasteiger partial charge on any atom is -0.462 e. The molecule has 0 spiro atoms. The lowest BCUT2D eigenvalue weighted by molar-refractivity contribution is -0.142. The molecule has 2 heterocycles. The van der Waals surface area contributed by atoms with Crippen LogP contribution in [0.1, 0.15) is 28.7 Å². The van der Waals surface area contributed by atoms with Crippen molar-refractivity contribution in [3.8, 4) is 11.5 Å². The average molecular weight is 365 g/mol. The summed E-state index contributed by atoms with van der Waals surface area (Å²) in [6.45, 7) is 3.46. The number of carbonyl (C=O) groups excluding carboxylic acids is 1. The van der Waals surface area contributed by atoms with Gasteiger partial charge < -0.3 is 13.9 Å². The number of hydrogen-bond acceptors (Lipinski definition) is 5. The molecule has 2 aromatic heterocycles. The van der Waals surface area contributed by atoms with Gasteiger partial charge in [-0.2, -0.15) is 13.2 Å². The van der Waals surface area contributed by atoms with E-state index in [-0.39, 0.29) is 17.9 Å². The highest BCUT2D eigenvalue weighted by atomic mass is 19.4. The second kappa shape index (κ2) is 6.70. The highest BCUT2D eigenvalue weighted by Gasteiger charge is 2.36. The molecule has 0 saturated heterocycles. The molecule has 0 N–H and O–H groups in total. The van der Waals surface area contributed by atoms with Crippen molar-refractivity contribution in [2.45, 2.75) is 20.0 Å². The third kappa shape index (κ3) is 3.35. The highest BCUT2D eigenvalue weighted by molar-refractivity contribution is 6.04. The Morgan fingerprint density at radius 3 is 2.73 bits per heavy atom. The van der Waals surface area contributed by atoms with Crippen LogP contribution in [-0.4, -0.2) is 17.6 Å². The highest BCUT2D eigenvalue weighted by Crippen LogP contribution is 2.37. The molecule has 0 saturated carbocycles. The molecule has 0 atom stereocenters. The van der Waals surface area contributed by atoms with Crippen LogP contribution in [0.15, 0.2) is 40.9 Å². The minimum absolute atomic E-state index is 0.113. The zero-order valence-electron chi connectivity index (χ0n) is 13.9. The maximum atomic E-state index is 13.0. The maximum absolute atomic E-state index is 13.0. The molecule has 5 nitrogen and oxygen atoms in total. The summed E-state index contributed by atoms with van der Waals surface area (Å²) in [6, 6.07) is 6.92. The fraction of sp³-hybridized carbons (Fsp3) is 0.222. The van der Waals surface area contributed by atoms with Crippen LogP contribution in [0.5, 0.6) is 11.5 Å². The molecule has 0 aliphatic carbocycles. The van der Waals surface area contributed by atoms with Crippen molar-refractivity contribution >= 4 is 16.9 Å². The number of benzene rings is 1. The summed E-state index contributed by atoms with van der Waals surface area (Å²) in [6.07, 6.45) is -3.61. The number of aryl methyl sites for hydroxylation is 1. The number of halogens is 3. The van der Waals surface area contributed by atoms with Crippen molar-refractivity contribution in [2.75, 3.05) is 6.61 Å². The van der Waals surface area contributed by atoms with Crippen LogP contribution in [0.25, 0.3) is 11.0 Å². The first-order chi connectivity index (χ1) is 12.3. The SMILES string of the molecule is CCOC(=O)c1c(C)oc2ccc(Oc3cccnc3C(F)(F)F)cc12. The molecule has 26 heavy (non-hydrogen) atoms. The second-order valence-electron chi connectivity index (χ2n) is 5.36. The smallest absolute Gasteiger partial charge is 0.437 e. The van der Waals surface area contributed by atoms with Crippen molar-refractivity contribution < 1.29 is 31.9 Å². The van der Waals surface area contributed by atoms with E-state index in [0.717, 1.165) is 6.20 Å². The lowest BCUT2D eigenvalue weighted by Gasteiger charge is -2.12. The summed E-state index contributed by atoms with van der Waals surface area (Å²) >= 11 is 0.